The molecule has 2 amide bonds. The normalized spacial score (nSPS) is 19.4. The fourth-order valence-electron chi connectivity index (χ4n) is 4.75. The van der Waals surface area contributed by atoms with Crippen LogP contribution in [0.5, 0.6) is 0 Å². The van der Waals surface area contributed by atoms with Gasteiger partial charge < -0.3 is 9.80 Å². The molecule has 2 aromatic carbocycles. The number of anilines is 1. The third-order valence-electron chi connectivity index (χ3n) is 6.72. The second-order valence-corrected chi connectivity index (χ2v) is 9.94. The molecule has 0 saturated carbocycles. The van der Waals surface area contributed by atoms with E-state index >= 15 is 0 Å². The Morgan fingerprint density at radius 3 is 2.46 bits per heavy atom. The van der Waals surface area contributed by atoms with Crippen molar-refractivity contribution in [1.82, 2.24) is 14.8 Å². The van der Waals surface area contributed by atoms with Crippen LogP contribution in [-0.4, -0.2) is 65.4 Å². The van der Waals surface area contributed by atoms with Crippen molar-refractivity contribution >= 4 is 28.8 Å². The highest BCUT2D eigenvalue weighted by molar-refractivity contribution is 7.11. The lowest BCUT2D eigenvalue weighted by Gasteiger charge is -2.37. The molecule has 2 aliphatic rings. The molecule has 1 aromatic heterocycles. The molecular weight excluding hydrogens is 470 g/mol. The zero-order valence-corrected chi connectivity index (χ0v) is 20.2. The Balaban J connectivity index is 1.24. The van der Waals surface area contributed by atoms with Crippen molar-refractivity contribution in [3.63, 3.8) is 0 Å². The van der Waals surface area contributed by atoms with Gasteiger partial charge in [-0.05, 0) is 23.3 Å². The molecule has 182 valence electrons. The molecule has 0 N–H and O–H groups in total. The minimum Gasteiger partial charge on any atom is -0.334 e. The van der Waals surface area contributed by atoms with E-state index < -0.39 is 5.92 Å². The summed E-state index contributed by atoms with van der Waals surface area (Å²) in [6.07, 6.45) is 2.07. The van der Waals surface area contributed by atoms with Crippen LogP contribution in [0.2, 0.25) is 0 Å². The van der Waals surface area contributed by atoms with E-state index in [4.69, 9.17) is 0 Å². The molecule has 0 bridgehead atoms. The van der Waals surface area contributed by atoms with Crippen molar-refractivity contribution in [3.05, 3.63) is 70.7 Å². The molecule has 0 aliphatic carbocycles. The highest BCUT2D eigenvalue weighted by Crippen LogP contribution is 2.32. The molecule has 3 heterocycles. The zero-order valence-electron chi connectivity index (χ0n) is 19.4. The lowest BCUT2D eigenvalue weighted by Crippen LogP contribution is -2.52. The first kappa shape index (κ1) is 23.6. The fraction of sp³-hybridized carbons (Fsp3) is 0.346. The molecule has 0 spiro atoms. The van der Waals surface area contributed by atoms with E-state index in [1.807, 2.05) is 29.2 Å². The topological polar surface area (TPSA) is 56.8 Å². The van der Waals surface area contributed by atoms with E-state index in [9.17, 15) is 18.4 Å². The monoisotopic (exact) mass is 496 g/mol. The Bertz CT molecular complexity index is 1200. The Hall–Kier alpha value is -3.17. The van der Waals surface area contributed by atoms with Gasteiger partial charge in [0.15, 0.2) is 5.01 Å². The average molecular weight is 497 g/mol. The largest absolute Gasteiger partial charge is 0.334 e. The first-order valence-electron chi connectivity index (χ1n) is 11.6. The van der Waals surface area contributed by atoms with Crippen LogP contribution >= 0.6 is 11.3 Å². The Morgan fingerprint density at radius 1 is 1.06 bits per heavy atom. The van der Waals surface area contributed by atoms with Crippen molar-refractivity contribution in [1.29, 1.82) is 0 Å². The van der Waals surface area contributed by atoms with Gasteiger partial charge in [0.25, 0.3) is 11.8 Å². The predicted octanol–water partition coefficient (Wildman–Crippen LogP) is 4.49. The van der Waals surface area contributed by atoms with Crippen molar-refractivity contribution in [2.45, 2.75) is 25.3 Å². The summed E-state index contributed by atoms with van der Waals surface area (Å²) in [7, 11) is 0. The lowest BCUT2D eigenvalue weighted by atomic mass is 10.0. The summed E-state index contributed by atoms with van der Waals surface area (Å²) in [6, 6.07) is 14.0. The second-order valence-electron chi connectivity index (χ2n) is 9.04. The number of hydrogen-bond acceptors (Lipinski definition) is 5. The Morgan fingerprint density at radius 2 is 1.80 bits per heavy atom. The van der Waals surface area contributed by atoms with Gasteiger partial charge in [-0.3, -0.25) is 14.5 Å². The number of rotatable bonds is 5. The number of nitrogens with zero attached hydrogens (tertiary/aromatic N) is 4. The maximum Gasteiger partial charge on any atom is 0.282 e. The summed E-state index contributed by atoms with van der Waals surface area (Å²) < 4.78 is 27.1. The average Bonchev–Trinajstić information content (AvgIpc) is 3.54. The van der Waals surface area contributed by atoms with Gasteiger partial charge >= 0.3 is 0 Å². The highest BCUT2D eigenvalue weighted by Gasteiger charge is 2.36. The maximum atomic E-state index is 13.5. The van der Waals surface area contributed by atoms with Crippen LogP contribution in [-0.2, 0) is 10.7 Å². The number of carbonyl (C=O) groups is 2. The van der Waals surface area contributed by atoms with Gasteiger partial charge in [-0.1, -0.05) is 36.4 Å². The van der Waals surface area contributed by atoms with Crippen molar-refractivity contribution in [2.24, 2.45) is 0 Å². The van der Waals surface area contributed by atoms with Crippen LogP contribution in [0.25, 0.3) is 11.1 Å². The molecule has 2 aliphatic heterocycles. The number of thiazole rings is 1. The van der Waals surface area contributed by atoms with E-state index in [1.54, 1.807) is 28.6 Å². The van der Waals surface area contributed by atoms with Crippen LogP contribution in [0, 0.1) is 0 Å². The smallest absolute Gasteiger partial charge is 0.282 e. The van der Waals surface area contributed by atoms with Crippen LogP contribution < -0.4 is 4.90 Å². The molecule has 35 heavy (non-hydrogen) atoms. The Labute approximate surface area is 206 Å². The fourth-order valence-corrected chi connectivity index (χ4v) is 5.35. The van der Waals surface area contributed by atoms with E-state index in [1.165, 1.54) is 23.5 Å². The summed E-state index contributed by atoms with van der Waals surface area (Å²) in [4.78, 5) is 35.5. The summed E-state index contributed by atoms with van der Waals surface area (Å²) in [5.41, 5.74) is 2.48. The van der Waals surface area contributed by atoms with E-state index in [0.717, 1.165) is 36.8 Å². The first-order valence-corrected chi connectivity index (χ1v) is 12.5. The summed E-state index contributed by atoms with van der Waals surface area (Å²) in [5.74, 6) is -2.84. The molecule has 3 aromatic rings. The number of piperazine rings is 1. The van der Waals surface area contributed by atoms with Crippen molar-refractivity contribution < 1.29 is 18.4 Å². The third kappa shape index (κ3) is 4.97. The number of halogens is 2. The van der Waals surface area contributed by atoms with E-state index in [2.05, 4.69) is 9.88 Å². The quantitative estimate of drug-likeness (QED) is 0.523. The molecular formula is C26H26F2N4O2S. The van der Waals surface area contributed by atoms with Crippen molar-refractivity contribution in [2.75, 3.05) is 37.6 Å². The van der Waals surface area contributed by atoms with E-state index in [-0.39, 0.29) is 23.4 Å². The molecule has 5 rings (SSSR count). The Kier molecular flexibility index (Phi) is 6.37. The van der Waals surface area contributed by atoms with Gasteiger partial charge in [-0.25, -0.2) is 13.8 Å². The molecule has 2 fully saturated rings. The van der Waals surface area contributed by atoms with Gasteiger partial charge in [-0.15, -0.1) is 11.3 Å². The third-order valence-corrected chi connectivity index (χ3v) is 7.48. The summed E-state index contributed by atoms with van der Waals surface area (Å²) >= 11 is 1.35. The lowest BCUT2D eigenvalue weighted by molar-refractivity contribution is -0.117. The minimum atomic E-state index is -2.88. The van der Waals surface area contributed by atoms with Crippen LogP contribution in [0.1, 0.15) is 28.7 Å². The van der Waals surface area contributed by atoms with Crippen LogP contribution in [0.3, 0.4) is 0 Å². The number of aromatic nitrogens is 1. The van der Waals surface area contributed by atoms with Gasteiger partial charge in [0.05, 0.1) is 0 Å². The van der Waals surface area contributed by atoms with Gasteiger partial charge in [0.1, 0.15) is 0 Å². The van der Waals surface area contributed by atoms with Gasteiger partial charge in [-0.2, -0.15) is 0 Å². The number of benzene rings is 2. The van der Waals surface area contributed by atoms with Crippen LogP contribution in [0.4, 0.5) is 14.5 Å². The SMILES string of the molecule is CC(F)(F)c1ccc(-c2cccc(N3CC(N4CCN(C(=O)c5nccs5)CC4)CC3=O)c2)cc1. The number of hydrogen-bond donors (Lipinski definition) is 0. The molecule has 2 saturated heterocycles. The highest BCUT2D eigenvalue weighted by atomic mass is 32.1. The second kappa shape index (κ2) is 9.47. The minimum absolute atomic E-state index is 0.0246. The zero-order chi connectivity index (χ0) is 24.6. The molecule has 6 nitrogen and oxygen atoms in total. The van der Waals surface area contributed by atoms with Crippen molar-refractivity contribution in [3.8, 4) is 11.1 Å². The number of amides is 2. The maximum absolute atomic E-state index is 13.5. The van der Waals surface area contributed by atoms with Gasteiger partial charge in [0, 0.05) is 74.9 Å². The molecule has 0 radical (unpaired) electrons. The standard InChI is InChI=1S/C26H26F2N4O2S/c1-26(27,28)20-7-5-18(6-8-20)19-3-2-4-21(15-19)32-17-22(16-23(32)33)30-10-12-31(13-11-30)25(34)24-29-9-14-35-24/h2-9,14-15,22H,10-13,16-17H2,1H3. The summed E-state index contributed by atoms with van der Waals surface area (Å²) in [6.45, 7) is 4.14. The molecule has 1 unspecified atom stereocenters. The predicted molar refractivity (Wildman–Crippen MR) is 132 cm³/mol. The summed E-state index contributed by atoms with van der Waals surface area (Å²) in [5, 5.41) is 2.31. The first-order chi connectivity index (χ1) is 16.8. The van der Waals surface area contributed by atoms with Crippen LogP contribution in [0.15, 0.2) is 60.1 Å². The van der Waals surface area contributed by atoms with E-state index in [0.29, 0.717) is 31.1 Å². The van der Waals surface area contributed by atoms with Gasteiger partial charge in [0.2, 0.25) is 5.91 Å². The molecule has 1 atom stereocenters. The number of carbonyl (C=O) groups excluding carboxylic acids is 2. The molecule has 9 heteroatoms. The number of alkyl halides is 2.